The Hall–Kier alpha value is -5.06. The average Bonchev–Trinajstić information content (AvgIpc) is 3.62. The van der Waals surface area contributed by atoms with Crippen molar-refractivity contribution in [3.05, 3.63) is 95.4 Å². The fourth-order valence-electron chi connectivity index (χ4n) is 5.14. The van der Waals surface area contributed by atoms with Gasteiger partial charge in [-0.25, -0.2) is 9.97 Å². The number of H-pyrrole nitrogens is 1. The van der Waals surface area contributed by atoms with Crippen LogP contribution in [0.2, 0.25) is 0 Å². The van der Waals surface area contributed by atoms with Crippen molar-refractivity contribution >= 4 is 11.2 Å². The smallest absolute Gasteiger partial charge is 0.406 e. The first kappa shape index (κ1) is 27.1. The number of halogens is 3. The minimum absolute atomic E-state index is 0.275. The molecule has 0 saturated heterocycles. The van der Waals surface area contributed by atoms with E-state index in [2.05, 4.69) is 55.9 Å². The number of tetrazole rings is 1. The summed E-state index contributed by atoms with van der Waals surface area (Å²) in [5.74, 6) is 1.14. The first-order chi connectivity index (χ1) is 20.2. The van der Waals surface area contributed by atoms with Crippen LogP contribution in [-0.2, 0) is 13.0 Å². The van der Waals surface area contributed by atoms with E-state index in [1.54, 1.807) is 12.1 Å². The van der Waals surface area contributed by atoms with E-state index in [0.717, 1.165) is 68.0 Å². The van der Waals surface area contributed by atoms with Crippen molar-refractivity contribution in [1.29, 1.82) is 0 Å². The first-order valence-electron chi connectivity index (χ1n) is 13.3. The van der Waals surface area contributed by atoms with Gasteiger partial charge in [-0.2, -0.15) is 5.21 Å². The zero-order valence-electron chi connectivity index (χ0n) is 23.1. The number of benzene rings is 3. The lowest BCUT2D eigenvalue weighted by atomic mass is 9.93. The summed E-state index contributed by atoms with van der Waals surface area (Å²) in [6.45, 7) is 6.76. The second kappa shape index (κ2) is 10.7. The van der Waals surface area contributed by atoms with E-state index in [1.165, 1.54) is 12.1 Å². The van der Waals surface area contributed by atoms with Crippen molar-refractivity contribution in [3.8, 4) is 39.4 Å². The summed E-state index contributed by atoms with van der Waals surface area (Å²) < 4.78 is 44.0. The number of pyridine rings is 1. The SMILES string of the molecule is CCc1nc2c(C)cc(C)nc2n1Cc1ccc(-c2cc(-c3ccc(OC(F)(F)F)cc3)ccc2-c2nn[nH]n2)cc1. The lowest BCUT2D eigenvalue weighted by molar-refractivity contribution is -0.274. The van der Waals surface area contributed by atoms with Crippen molar-refractivity contribution in [3.63, 3.8) is 0 Å². The van der Waals surface area contributed by atoms with E-state index >= 15 is 0 Å². The molecule has 0 radical (unpaired) electrons. The Morgan fingerprint density at radius 2 is 1.55 bits per heavy atom. The van der Waals surface area contributed by atoms with Crippen LogP contribution in [0.15, 0.2) is 72.8 Å². The summed E-state index contributed by atoms with van der Waals surface area (Å²) in [6, 6.07) is 21.8. The molecule has 0 aliphatic heterocycles. The second-order valence-electron chi connectivity index (χ2n) is 9.99. The molecule has 0 bridgehead atoms. The van der Waals surface area contributed by atoms with Gasteiger partial charge in [-0.3, -0.25) is 0 Å². The van der Waals surface area contributed by atoms with E-state index in [-0.39, 0.29) is 5.75 Å². The number of imidazole rings is 1. The molecule has 42 heavy (non-hydrogen) atoms. The zero-order chi connectivity index (χ0) is 29.4. The Balaban J connectivity index is 1.35. The maximum absolute atomic E-state index is 12.6. The van der Waals surface area contributed by atoms with E-state index in [1.807, 2.05) is 43.3 Å². The molecule has 0 spiro atoms. The molecule has 212 valence electrons. The molecule has 0 atom stereocenters. The van der Waals surface area contributed by atoms with Crippen LogP contribution < -0.4 is 4.74 Å². The number of rotatable bonds is 7. The summed E-state index contributed by atoms with van der Waals surface area (Å²) >= 11 is 0. The standard InChI is InChI=1S/C31H26F3N7O/c1-4-27-36-28-18(2)15-19(3)35-30(28)41(27)17-20-5-7-22(8-6-20)26-16-23(11-14-25(26)29-37-39-40-38-29)21-9-12-24(13-10-21)42-31(32,33)34/h5-16H,4,17H2,1-3H3,(H,37,38,39,40). The molecular weight excluding hydrogens is 543 g/mol. The fourth-order valence-corrected chi connectivity index (χ4v) is 5.14. The zero-order valence-corrected chi connectivity index (χ0v) is 23.1. The third-order valence-electron chi connectivity index (χ3n) is 7.05. The average molecular weight is 570 g/mol. The second-order valence-corrected chi connectivity index (χ2v) is 9.99. The number of aromatic amines is 1. The number of alkyl halides is 3. The van der Waals surface area contributed by atoms with Crippen molar-refractivity contribution < 1.29 is 17.9 Å². The van der Waals surface area contributed by atoms with E-state index in [9.17, 15) is 13.2 Å². The molecule has 0 fully saturated rings. The minimum atomic E-state index is -4.75. The molecule has 3 aromatic heterocycles. The highest BCUT2D eigenvalue weighted by Gasteiger charge is 2.31. The number of ether oxygens (including phenoxy) is 1. The highest BCUT2D eigenvalue weighted by Crippen LogP contribution is 2.35. The van der Waals surface area contributed by atoms with Crippen molar-refractivity contribution in [2.75, 3.05) is 0 Å². The molecule has 3 aromatic carbocycles. The summed E-state index contributed by atoms with van der Waals surface area (Å²) in [5.41, 5.74) is 9.05. The molecule has 11 heteroatoms. The maximum atomic E-state index is 12.6. The summed E-state index contributed by atoms with van der Waals surface area (Å²) in [4.78, 5) is 9.63. The lowest BCUT2D eigenvalue weighted by Gasteiger charge is -2.13. The molecule has 0 amide bonds. The van der Waals surface area contributed by atoms with Gasteiger partial charge in [-0.15, -0.1) is 23.4 Å². The van der Waals surface area contributed by atoms with Crippen LogP contribution in [0.1, 0.15) is 29.6 Å². The highest BCUT2D eigenvalue weighted by atomic mass is 19.4. The van der Waals surface area contributed by atoms with E-state index in [0.29, 0.717) is 12.4 Å². The molecule has 3 heterocycles. The Labute approximate surface area is 239 Å². The molecule has 0 unspecified atom stereocenters. The molecule has 6 rings (SSSR count). The third kappa shape index (κ3) is 5.45. The van der Waals surface area contributed by atoms with Gasteiger partial charge in [0.25, 0.3) is 0 Å². The lowest BCUT2D eigenvalue weighted by Crippen LogP contribution is -2.16. The Kier molecular flexibility index (Phi) is 6.93. The minimum Gasteiger partial charge on any atom is -0.406 e. The van der Waals surface area contributed by atoms with Crippen LogP contribution in [-0.4, -0.2) is 41.5 Å². The van der Waals surface area contributed by atoms with E-state index in [4.69, 9.17) is 9.97 Å². The first-order valence-corrected chi connectivity index (χ1v) is 13.3. The van der Waals surface area contributed by atoms with Gasteiger partial charge in [-0.05, 0) is 82.8 Å². The largest absolute Gasteiger partial charge is 0.573 e. The van der Waals surface area contributed by atoms with Gasteiger partial charge < -0.3 is 9.30 Å². The summed E-state index contributed by atoms with van der Waals surface area (Å²) in [7, 11) is 0. The monoisotopic (exact) mass is 569 g/mol. The van der Waals surface area contributed by atoms with Gasteiger partial charge in [-0.1, -0.05) is 49.4 Å². The van der Waals surface area contributed by atoms with Gasteiger partial charge >= 0.3 is 6.36 Å². The number of nitrogens with one attached hydrogen (secondary N) is 1. The Morgan fingerprint density at radius 3 is 2.21 bits per heavy atom. The van der Waals surface area contributed by atoms with Gasteiger partial charge in [0.2, 0.25) is 5.82 Å². The quantitative estimate of drug-likeness (QED) is 0.221. The molecular formula is C31H26F3N7O. The van der Waals surface area contributed by atoms with Gasteiger partial charge in [0, 0.05) is 17.7 Å². The highest BCUT2D eigenvalue weighted by molar-refractivity contribution is 5.85. The van der Waals surface area contributed by atoms with Crippen LogP contribution in [0.4, 0.5) is 13.2 Å². The van der Waals surface area contributed by atoms with Crippen LogP contribution >= 0.6 is 0 Å². The number of hydrogen-bond acceptors (Lipinski definition) is 6. The predicted molar refractivity (Wildman–Crippen MR) is 153 cm³/mol. The fraction of sp³-hybridized carbons (Fsp3) is 0.194. The molecule has 0 saturated carbocycles. The molecule has 6 aromatic rings. The number of hydrogen-bond donors (Lipinski definition) is 1. The van der Waals surface area contributed by atoms with Crippen molar-refractivity contribution in [2.45, 2.75) is 40.1 Å². The topological polar surface area (TPSA) is 94.4 Å². The van der Waals surface area contributed by atoms with E-state index < -0.39 is 6.36 Å². The van der Waals surface area contributed by atoms with Gasteiger partial charge in [0.15, 0.2) is 5.65 Å². The Morgan fingerprint density at radius 1 is 0.833 bits per heavy atom. The van der Waals surface area contributed by atoms with Crippen LogP contribution in [0.5, 0.6) is 5.75 Å². The molecule has 0 aliphatic carbocycles. The summed E-state index contributed by atoms with van der Waals surface area (Å²) in [6.07, 6.45) is -3.96. The van der Waals surface area contributed by atoms with Crippen LogP contribution in [0, 0.1) is 13.8 Å². The van der Waals surface area contributed by atoms with Gasteiger partial charge in [0.05, 0.1) is 6.54 Å². The number of fused-ring (bicyclic) bond motifs is 1. The predicted octanol–water partition coefficient (Wildman–Crippen LogP) is 7.07. The van der Waals surface area contributed by atoms with Crippen molar-refractivity contribution in [2.24, 2.45) is 0 Å². The molecule has 1 N–H and O–H groups in total. The number of nitrogens with zero attached hydrogens (tertiary/aromatic N) is 6. The number of aryl methyl sites for hydroxylation is 3. The van der Waals surface area contributed by atoms with Crippen LogP contribution in [0.3, 0.4) is 0 Å². The summed E-state index contributed by atoms with van der Waals surface area (Å²) in [5, 5.41) is 14.5. The Bertz CT molecular complexity index is 1860. The molecule has 8 nitrogen and oxygen atoms in total. The van der Waals surface area contributed by atoms with Gasteiger partial charge in [0.1, 0.15) is 17.1 Å². The van der Waals surface area contributed by atoms with Crippen molar-refractivity contribution in [1.82, 2.24) is 35.2 Å². The number of aromatic nitrogens is 7. The third-order valence-corrected chi connectivity index (χ3v) is 7.05. The maximum Gasteiger partial charge on any atom is 0.573 e. The van der Waals surface area contributed by atoms with Crippen LogP contribution in [0.25, 0.3) is 44.8 Å². The molecule has 0 aliphatic rings. The normalized spacial score (nSPS) is 11.8.